The van der Waals surface area contributed by atoms with Gasteiger partial charge in [-0.2, -0.15) is 0 Å². The Balaban J connectivity index is 1.70. The third kappa shape index (κ3) is 3.76. The lowest BCUT2D eigenvalue weighted by Gasteiger charge is -2.22. The normalized spacial score (nSPS) is 17.3. The average molecular weight is 347 g/mol. The van der Waals surface area contributed by atoms with Crippen LogP contribution in [0, 0.1) is 0 Å². The van der Waals surface area contributed by atoms with Crippen LogP contribution < -0.4 is 4.90 Å². The maximum Gasteiger partial charge on any atom is 0.348 e. The van der Waals surface area contributed by atoms with Crippen molar-refractivity contribution in [2.45, 2.75) is 23.5 Å². The SMILES string of the molecule is CC1CCN(C(=O)COC(=O)c2cccs2)c2ccccc2S1. The third-order valence-corrected chi connectivity index (χ3v) is 5.68. The van der Waals surface area contributed by atoms with Gasteiger partial charge < -0.3 is 9.64 Å². The number of hydrogen-bond acceptors (Lipinski definition) is 5. The molecular weight excluding hydrogens is 330 g/mol. The number of amides is 1. The first-order chi connectivity index (χ1) is 11.1. The summed E-state index contributed by atoms with van der Waals surface area (Å²) in [4.78, 5) is 27.7. The molecular formula is C17H17NO3S2. The Morgan fingerprint density at radius 1 is 1.26 bits per heavy atom. The van der Waals surface area contributed by atoms with Crippen LogP contribution in [0.25, 0.3) is 0 Å². The predicted octanol–water partition coefficient (Wildman–Crippen LogP) is 3.82. The van der Waals surface area contributed by atoms with Crippen molar-refractivity contribution < 1.29 is 14.3 Å². The summed E-state index contributed by atoms with van der Waals surface area (Å²) in [6.07, 6.45) is 0.907. The summed E-state index contributed by atoms with van der Waals surface area (Å²) in [5.74, 6) is -0.628. The number of hydrogen-bond donors (Lipinski definition) is 0. The number of thioether (sulfide) groups is 1. The molecule has 1 aliphatic heterocycles. The quantitative estimate of drug-likeness (QED) is 0.792. The van der Waals surface area contributed by atoms with Gasteiger partial charge in [-0.3, -0.25) is 4.79 Å². The molecule has 1 atom stereocenters. The van der Waals surface area contributed by atoms with Gasteiger partial charge in [0.1, 0.15) is 4.88 Å². The zero-order valence-electron chi connectivity index (χ0n) is 12.7. The van der Waals surface area contributed by atoms with E-state index in [0.717, 1.165) is 17.0 Å². The fourth-order valence-corrected chi connectivity index (χ4v) is 4.15. The first-order valence-electron chi connectivity index (χ1n) is 7.42. The fourth-order valence-electron chi connectivity index (χ4n) is 2.42. The van der Waals surface area contributed by atoms with Gasteiger partial charge in [0.15, 0.2) is 6.61 Å². The van der Waals surface area contributed by atoms with E-state index in [-0.39, 0.29) is 12.5 Å². The van der Waals surface area contributed by atoms with Crippen molar-refractivity contribution >= 4 is 40.7 Å². The molecule has 0 aliphatic carbocycles. The number of ether oxygens (including phenoxy) is 1. The van der Waals surface area contributed by atoms with Gasteiger partial charge >= 0.3 is 5.97 Å². The van der Waals surface area contributed by atoms with Gasteiger partial charge in [-0.25, -0.2) is 4.79 Å². The summed E-state index contributed by atoms with van der Waals surface area (Å²) >= 11 is 3.08. The highest BCUT2D eigenvalue weighted by atomic mass is 32.2. The molecule has 0 saturated heterocycles. The molecule has 0 fully saturated rings. The number of carbonyl (C=O) groups excluding carboxylic acids is 2. The molecule has 2 heterocycles. The van der Waals surface area contributed by atoms with Crippen LogP contribution in [-0.4, -0.2) is 30.3 Å². The molecule has 2 aromatic rings. The molecule has 6 heteroatoms. The van der Waals surface area contributed by atoms with E-state index >= 15 is 0 Å². The zero-order valence-corrected chi connectivity index (χ0v) is 14.4. The number of benzene rings is 1. The minimum atomic E-state index is -0.445. The molecule has 0 radical (unpaired) electrons. The van der Waals surface area contributed by atoms with E-state index in [4.69, 9.17) is 4.74 Å². The van der Waals surface area contributed by atoms with Crippen LogP contribution >= 0.6 is 23.1 Å². The average Bonchev–Trinajstić information content (AvgIpc) is 3.03. The Bertz CT molecular complexity index is 700. The molecule has 1 amide bonds. The molecule has 0 bridgehead atoms. The van der Waals surface area contributed by atoms with Gasteiger partial charge in [-0.05, 0) is 30.0 Å². The van der Waals surface area contributed by atoms with Gasteiger partial charge in [-0.1, -0.05) is 25.1 Å². The summed E-state index contributed by atoms with van der Waals surface area (Å²) in [5.41, 5.74) is 0.902. The van der Waals surface area contributed by atoms with E-state index in [1.807, 2.05) is 29.6 Å². The van der Waals surface area contributed by atoms with E-state index in [1.165, 1.54) is 11.3 Å². The van der Waals surface area contributed by atoms with E-state index in [9.17, 15) is 9.59 Å². The molecule has 1 aromatic carbocycles. The molecule has 4 nitrogen and oxygen atoms in total. The molecule has 23 heavy (non-hydrogen) atoms. The second kappa shape index (κ2) is 7.19. The summed E-state index contributed by atoms with van der Waals surface area (Å²) in [6, 6.07) is 11.3. The standard InChI is InChI=1S/C17H17NO3S2/c1-12-8-9-18(13-5-2-3-6-14(13)23-12)16(19)11-21-17(20)15-7-4-10-22-15/h2-7,10,12H,8-9,11H2,1H3. The Morgan fingerprint density at radius 2 is 2.09 bits per heavy atom. The number of rotatable bonds is 3. The van der Waals surface area contributed by atoms with Crippen molar-refractivity contribution in [1.82, 2.24) is 0 Å². The smallest absolute Gasteiger partial charge is 0.348 e. The number of anilines is 1. The van der Waals surface area contributed by atoms with Gasteiger partial charge in [0, 0.05) is 16.7 Å². The molecule has 120 valence electrons. The fraction of sp³-hybridized carbons (Fsp3) is 0.294. The van der Waals surface area contributed by atoms with Gasteiger partial charge in [0.05, 0.1) is 5.69 Å². The first-order valence-corrected chi connectivity index (χ1v) is 9.18. The maximum absolute atomic E-state index is 12.5. The highest BCUT2D eigenvalue weighted by Crippen LogP contribution is 2.37. The summed E-state index contributed by atoms with van der Waals surface area (Å²) in [6.45, 7) is 2.57. The Kier molecular flexibility index (Phi) is 5.03. The lowest BCUT2D eigenvalue weighted by molar-refractivity contribution is -0.121. The number of nitrogens with zero attached hydrogens (tertiary/aromatic N) is 1. The van der Waals surface area contributed by atoms with Crippen LogP contribution in [0.5, 0.6) is 0 Å². The first kappa shape index (κ1) is 16.1. The second-order valence-electron chi connectivity index (χ2n) is 5.28. The van der Waals surface area contributed by atoms with Gasteiger partial charge in [-0.15, -0.1) is 23.1 Å². The molecule has 3 rings (SSSR count). The lowest BCUT2D eigenvalue weighted by atomic mass is 10.2. The summed E-state index contributed by atoms with van der Waals surface area (Å²) in [7, 11) is 0. The molecule has 1 aromatic heterocycles. The summed E-state index contributed by atoms with van der Waals surface area (Å²) in [5, 5.41) is 2.25. The van der Waals surface area contributed by atoms with Crippen molar-refractivity contribution in [3.05, 3.63) is 46.7 Å². The summed E-state index contributed by atoms with van der Waals surface area (Å²) < 4.78 is 5.16. The van der Waals surface area contributed by atoms with E-state index in [1.54, 1.807) is 28.8 Å². The Hall–Kier alpha value is -1.79. The van der Waals surface area contributed by atoms with Gasteiger partial charge in [0.2, 0.25) is 0 Å². The van der Waals surface area contributed by atoms with Crippen LogP contribution in [0.3, 0.4) is 0 Å². The number of fused-ring (bicyclic) bond motifs is 1. The Morgan fingerprint density at radius 3 is 2.87 bits per heavy atom. The third-order valence-electron chi connectivity index (χ3n) is 3.59. The van der Waals surface area contributed by atoms with Crippen LogP contribution in [0.4, 0.5) is 5.69 Å². The molecule has 0 spiro atoms. The highest BCUT2D eigenvalue weighted by Gasteiger charge is 2.25. The maximum atomic E-state index is 12.5. The molecule has 0 saturated carbocycles. The van der Waals surface area contributed by atoms with Crippen LogP contribution in [0.1, 0.15) is 23.0 Å². The van der Waals surface area contributed by atoms with E-state index < -0.39 is 5.97 Å². The number of esters is 1. The number of para-hydroxylation sites is 1. The molecule has 1 unspecified atom stereocenters. The Labute approximate surface area is 143 Å². The van der Waals surface area contributed by atoms with Crippen molar-refractivity contribution in [2.24, 2.45) is 0 Å². The lowest BCUT2D eigenvalue weighted by Crippen LogP contribution is -2.35. The van der Waals surface area contributed by atoms with E-state index in [0.29, 0.717) is 16.7 Å². The zero-order chi connectivity index (χ0) is 16.2. The molecule has 0 N–H and O–H groups in total. The van der Waals surface area contributed by atoms with Crippen molar-refractivity contribution in [3.8, 4) is 0 Å². The largest absolute Gasteiger partial charge is 0.451 e. The minimum absolute atomic E-state index is 0.183. The number of carbonyl (C=O) groups is 2. The minimum Gasteiger partial charge on any atom is -0.451 e. The van der Waals surface area contributed by atoms with Crippen molar-refractivity contribution in [1.29, 1.82) is 0 Å². The van der Waals surface area contributed by atoms with Crippen molar-refractivity contribution in [2.75, 3.05) is 18.1 Å². The van der Waals surface area contributed by atoms with Crippen LogP contribution in [0.2, 0.25) is 0 Å². The highest BCUT2D eigenvalue weighted by molar-refractivity contribution is 8.00. The van der Waals surface area contributed by atoms with Crippen molar-refractivity contribution in [3.63, 3.8) is 0 Å². The topological polar surface area (TPSA) is 46.6 Å². The predicted molar refractivity (Wildman–Crippen MR) is 93.3 cm³/mol. The molecule has 1 aliphatic rings. The van der Waals surface area contributed by atoms with Gasteiger partial charge in [0.25, 0.3) is 5.91 Å². The van der Waals surface area contributed by atoms with Crippen LogP contribution in [-0.2, 0) is 9.53 Å². The van der Waals surface area contributed by atoms with Crippen LogP contribution in [0.15, 0.2) is 46.7 Å². The monoisotopic (exact) mass is 347 g/mol. The van der Waals surface area contributed by atoms with E-state index in [2.05, 4.69) is 6.92 Å². The second-order valence-corrected chi connectivity index (χ2v) is 7.71. The number of thiophene rings is 1.